The molecule has 2 N–H and O–H groups in total. The van der Waals surface area contributed by atoms with Crippen molar-refractivity contribution in [3.8, 4) is 0 Å². The van der Waals surface area contributed by atoms with Crippen molar-refractivity contribution in [3.05, 3.63) is 34.3 Å². The molecule has 0 aliphatic carbocycles. The van der Waals surface area contributed by atoms with Gasteiger partial charge in [-0.15, -0.1) is 0 Å². The summed E-state index contributed by atoms with van der Waals surface area (Å²) < 4.78 is 0. The zero-order valence-corrected chi connectivity index (χ0v) is 10.0. The van der Waals surface area contributed by atoms with Crippen molar-refractivity contribution >= 4 is 11.6 Å². The summed E-state index contributed by atoms with van der Waals surface area (Å²) in [6.07, 6.45) is 2.60. The molecule has 3 nitrogen and oxygen atoms in total. The van der Waals surface area contributed by atoms with Gasteiger partial charge in [0, 0.05) is 11.6 Å². The Bertz CT molecular complexity index is 351. The predicted octanol–water partition coefficient (Wildman–Crippen LogP) is 2.33. The molecule has 1 aromatic rings. The van der Waals surface area contributed by atoms with E-state index in [0.29, 0.717) is 6.61 Å². The second-order valence-electron chi connectivity index (χ2n) is 4.22. The first-order chi connectivity index (χ1) is 7.79. The van der Waals surface area contributed by atoms with Crippen molar-refractivity contribution in [2.45, 2.75) is 26.0 Å². The Morgan fingerprint density at radius 3 is 2.69 bits per heavy atom. The van der Waals surface area contributed by atoms with Gasteiger partial charge in [-0.3, -0.25) is 9.74 Å². The normalized spacial score (nSPS) is 16.9. The topological polar surface area (TPSA) is 38.5 Å². The Labute approximate surface area is 101 Å². The number of halogens is 1. The first-order valence-corrected chi connectivity index (χ1v) is 5.99. The van der Waals surface area contributed by atoms with Crippen molar-refractivity contribution in [1.29, 1.82) is 0 Å². The molecule has 0 atom stereocenters. The maximum Gasteiger partial charge on any atom is 0.0930 e. The third-order valence-corrected chi connectivity index (χ3v) is 3.31. The molecule has 0 aromatic heterocycles. The van der Waals surface area contributed by atoms with E-state index in [1.165, 1.54) is 31.5 Å². The number of nitrogens with two attached hydrogens (primary N) is 1. The molecule has 1 heterocycles. The second kappa shape index (κ2) is 5.64. The molecule has 2 rings (SSSR count). The zero-order valence-electron chi connectivity index (χ0n) is 9.29. The molecule has 0 amide bonds. The molecule has 0 spiro atoms. The lowest BCUT2D eigenvalue weighted by atomic mass is 10.1. The molecule has 0 unspecified atom stereocenters. The smallest absolute Gasteiger partial charge is 0.0930 e. The molecule has 0 saturated carbocycles. The van der Waals surface area contributed by atoms with Crippen LogP contribution in [0.5, 0.6) is 0 Å². The van der Waals surface area contributed by atoms with Crippen molar-refractivity contribution in [1.82, 2.24) is 4.90 Å². The van der Waals surface area contributed by atoms with Gasteiger partial charge in [0.1, 0.15) is 0 Å². The molecular weight excluding hydrogens is 224 g/mol. The van der Waals surface area contributed by atoms with E-state index in [2.05, 4.69) is 15.8 Å². The molecule has 1 aliphatic rings. The van der Waals surface area contributed by atoms with Gasteiger partial charge in [-0.05, 0) is 43.1 Å². The van der Waals surface area contributed by atoms with E-state index in [4.69, 9.17) is 17.5 Å². The van der Waals surface area contributed by atoms with Crippen LogP contribution in [0.4, 0.5) is 0 Å². The van der Waals surface area contributed by atoms with Gasteiger partial charge in [-0.1, -0.05) is 23.7 Å². The van der Waals surface area contributed by atoms with E-state index in [-0.39, 0.29) is 0 Å². The largest absolute Gasteiger partial charge is 0.300 e. The summed E-state index contributed by atoms with van der Waals surface area (Å²) in [5.74, 6) is 5.03. The van der Waals surface area contributed by atoms with E-state index in [1.54, 1.807) is 0 Å². The van der Waals surface area contributed by atoms with Gasteiger partial charge >= 0.3 is 0 Å². The number of benzene rings is 1. The maximum absolute atomic E-state index is 6.22. The van der Waals surface area contributed by atoms with Crippen molar-refractivity contribution in [2.24, 2.45) is 5.90 Å². The predicted molar refractivity (Wildman–Crippen MR) is 64.9 cm³/mol. The Hall–Kier alpha value is -0.610. The van der Waals surface area contributed by atoms with Crippen molar-refractivity contribution in [3.63, 3.8) is 0 Å². The molecule has 1 saturated heterocycles. The quantitative estimate of drug-likeness (QED) is 0.821. The Kier molecular flexibility index (Phi) is 4.18. The summed E-state index contributed by atoms with van der Waals surface area (Å²) in [5.41, 5.74) is 2.20. The van der Waals surface area contributed by atoms with Crippen LogP contribution >= 0.6 is 11.6 Å². The third-order valence-electron chi connectivity index (χ3n) is 2.96. The average molecular weight is 241 g/mol. The fourth-order valence-corrected chi connectivity index (χ4v) is 2.35. The maximum atomic E-state index is 6.22. The SMILES string of the molecule is NOCc1ccc(CN2CCCC2)c(Cl)c1. The monoisotopic (exact) mass is 240 g/mol. The minimum Gasteiger partial charge on any atom is -0.300 e. The molecule has 1 aliphatic heterocycles. The van der Waals surface area contributed by atoms with Crippen LogP contribution in [0.25, 0.3) is 0 Å². The minimum atomic E-state index is 0.406. The Balaban J connectivity index is 2.03. The average Bonchev–Trinajstić information content (AvgIpc) is 2.75. The summed E-state index contributed by atoms with van der Waals surface area (Å²) in [7, 11) is 0. The van der Waals surface area contributed by atoms with Crippen LogP contribution in [0.1, 0.15) is 24.0 Å². The van der Waals surface area contributed by atoms with E-state index in [1.807, 2.05) is 12.1 Å². The van der Waals surface area contributed by atoms with Crippen LogP contribution in [0, 0.1) is 0 Å². The van der Waals surface area contributed by atoms with Crippen molar-refractivity contribution in [2.75, 3.05) is 13.1 Å². The lowest BCUT2D eigenvalue weighted by Crippen LogP contribution is -2.18. The van der Waals surface area contributed by atoms with Gasteiger partial charge in [0.05, 0.1) is 6.61 Å². The summed E-state index contributed by atoms with van der Waals surface area (Å²) in [6.45, 7) is 3.72. The number of likely N-dealkylation sites (tertiary alicyclic amines) is 1. The Morgan fingerprint density at radius 1 is 1.31 bits per heavy atom. The van der Waals surface area contributed by atoms with Crippen molar-refractivity contribution < 1.29 is 4.84 Å². The molecule has 4 heteroatoms. The summed E-state index contributed by atoms with van der Waals surface area (Å²) >= 11 is 6.22. The molecule has 1 fully saturated rings. The van der Waals surface area contributed by atoms with Gasteiger partial charge in [0.2, 0.25) is 0 Å². The number of hydrogen-bond donors (Lipinski definition) is 1. The first-order valence-electron chi connectivity index (χ1n) is 5.61. The number of rotatable bonds is 4. The summed E-state index contributed by atoms with van der Waals surface area (Å²) in [5, 5.41) is 0.807. The Morgan fingerprint density at radius 2 is 2.06 bits per heavy atom. The van der Waals surface area contributed by atoms with E-state index < -0.39 is 0 Å². The van der Waals surface area contributed by atoms with Gasteiger partial charge in [-0.2, -0.15) is 0 Å². The second-order valence-corrected chi connectivity index (χ2v) is 4.63. The molecule has 0 bridgehead atoms. The molecular formula is C12H17ClN2O. The van der Waals surface area contributed by atoms with Gasteiger partial charge < -0.3 is 0 Å². The zero-order chi connectivity index (χ0) is 11.4. The van der Waals surface area contributed by atoms with Crippen LogP contribution in [-0.2, 0) is 18.0 Å². The van der Waals surface area contributed by atoms with E-state index >= 15 is 0 Å². The minimum absolute atomic E-state index is 0.406. The molecule has 88 valence electrons. The van der Waals surface area contributed by atoms with Gasteiger partial charge in [0.25, 0.3) is 0 Å². The van der Waals surface area contributed by atoms with Gasteiger partial charge in [-0.25, -0.2) is 5.90 Å². The first kappa shape index (κ1) is 11.9. The summed E-state index contributed by atoms with van der Waals surface area (Å²) in [4.78, 5) is 7.02. The lowest BCUT2D eigenvalue weighted by molar-refractivity contribution is 0.124. The molecule has 0 radical (unpaired) electrons. The van der Waals surface area contributed by atoms with Gasteiger partial charge in [0.15, 0.2) is 0 Å². The van der Waals surface area contributed by atoms with E-state index in [9.17, 15) is 0 Å². The number of hydrogen-bond acceptors (Lipinski definition) is 3. The van der Waals surface area contributed by atoms with Crippen LogP contribution in [0.15, 0.2) is 18.2 Å². The fraction of sp³-hybridized carbons (Fsp3) is 0.500. The fourth-order valence-electron chi connectivity index (χ4n) is 2.09. The lowest BCUT2D eigenvalue weighted by Gasteiger charge is -2.15. The van der Waals surface area contributed by atoms with E-state index in [0.717, 1.165) is 17.1 Å². The molecule has 1 aromatic carbocycles. The standard InChI is InChI=1S/C12H17ClN2O/c13-12-7-10(9-16-14)3-4-11(12)8-15-5-1-2-6-15/h3-4,7H,1-2,5-6,8-9,14H2. The highest BCUT2D eigenvalue weighted by molar-refractivity contribution is 6.31. The highest BCUT2D eigenvalue weighted by Gasteiger charge is 2.13. The van der Waals surface area contributed by atoms with Crippen LogP contribution in [-0.4, -0.2) is 18.0 Å². The highest BCUT2D eigenvalue weighted by Crippen LogP contribution is 2.21. The third kappa shape index (κ3) is 2.95. The van der Waals surface area contributed by atoms with Crippen LogP contribution < -0.4 is 5.90 Å². The van der Waals surface area contributed by atoms with Crippen LogP contribution in [0.3, 0.4) is 0 Å². The number of nitrogens with zero attached hydrogens (tertiary/aromatic N) is 1. The molecule has 16 heavy (non-hydrogen) atoms. The highest BCUT2D eigenvalue weighted by atomic mass is 35.5. The summed E-state index contributed by atoms with van der Waals surface area (Å²) in [6, 6.07) is 6.01. The van der Waals surface area contributed by atoms with Crippen LogP contribution in [0.2, 0.25) is 5.02 Å².